The van der Waals surface area contributed by atoms with Crippen LogP contribution in [0.5, 0.6) is 0 Å². The SMILES string of the molecule is CCN1CCc2nc(CNC3CC3)sc2C1. The van der Waals surface area contributed by atoms with Crippen LogP contribution in [0.4, 0.5) is 0 Å². The van der Waals surface area contributed by atoms with Gasteiger partial charge in [-0.1, -0.05) is 6.92 Å². The van der Waals surface area contributed by atoms with Crippen LogP contribution in [0.25, 0.3) is 0 Å². The summed E-state index contributed by atoms with van der Waals surface area (Å²) in [6, 6.07) is 0.785. The van der Waals surface area contributed by atoms with Gasteiger partial charge in [0.25, 0.3) is 0 Å². The molecular formula is C12H19N3S. The van der Waals surface area contributed by atoms with Crippen molar-refractivity contribution in [3.05, 3.63) is 15.6 Å². The van der Waals surface area contributed by atoms with Gasteiger partial charge >= 0.3 is 0 Å². The highest BCUT2D eigenvalue weighted by molar-refractivity contribution is 7.11. The minimum absolute atomic E-state index is 0.785. The van der Waals surface area contributed by atoms with E-state index < -0.39 is 0 Å². The highest BCUT2D eigenvalue weighted by Gasteiger charge is 2.22. The molecule has 1 N–H and O–H groups in total. The lowest BCUT2D eigenvalue weighted by atomic mass is 10.2. The number of aromatic nitrogens is 1. The first-order chi connectivity index (χ1) is 7.85. The molecule has 3 nitrogen and oxygen atoms in total. The molecular weight excluding hydrogens is 218 g/mol. The van der Waals surface area contributed by atoms with Crippen molar-refractivity contribution in [2.75, 3.05) is 13.1 Å². The van der Waals surface area contributed by atoms with Gasteiger partial charge in [-0.15, -0.1) is 11.3 Å². The normalized spacial score (nSPS) is 21.1. The molecule has 0 spiro atoms. The molecule has 0 atom stereocenters. The second-order valence-corrected chi connectivity index (χ2v) is 5.92. The van der Waals surface area contributed by atoms with Gasteiger partial charge < -0.3 is 5.32 Å². The van der Waals surface area contributed by atoms with Crippen molar-refractivity contribution in [2.24, 2.45) is 0 Å². The predicted octanol–water partition coefficient (Wildman–Crippen LogP) is 1.77. The van der Waals surface area contributed by atoms with Gasteiger partial charge in [0, 0.05) is 37.0 Å². The van der Waals surface area contributed by atoms with Gasteiger partial charge in [-0.05, 0) is 19.4 Å². The van der Waals surface area contributed by atoms with Gasteiger partial charge in [-0.25, -0.2) is 4.98 Å². The molecule has 1 aliphatic carbocycles. The largest absolute Gasteiger partial charge is 0.308 e. The number of hydrogen-bond donors (Lipinski definition) is 1. The maximum atomic E-state index is 4.75. The number of rotatable bonds is 4. The zero-order valence-corrected chi connectivity index (χ0v) is 10.6. The maximum Gasteiger partial charge on any atom is 0.107 e. The average molecular weight is 237 g/mol. The minimum atomic E-state index is 0.785. The molecule has 0 aromatic carbocycles. The molecule has 0 bridgehead atoms. The highest BCUT2D eigenvalue weighted by atomic mass is 32.1. The molecule has 88 valence electrons. The Balaban J connectivity index is 1.65. The number of likely N-dealkylation sites (N-methyl/N-ethyl adjacent to an activating group) is 1. The number of fused-ring (bicyclic) bond motifs is 1. The first kappa shape index (κ1) is 10.7. The second kappa shape index (κ2) is 4.43. The third-order valence-electron chi connectivity index (χ3n) is 3.42. The molecule has 1 saturated carbocycles. The topological polar surface area (TPSA) is 28.2 Å². The molecule has 1 aromatic rings. The number of nitrogens with one attached hydrogen (secondary N) is 1. The molecule has 16 heavy (non-hydrogen) atoms. The van der Waals surface area contributed by atoms with Gasteiger partial charge in [-0.2, -0.15) is 0 Å². The van der Waals surface area contributed by atoms with Crippen LogP contribution < -0.4 is 5.32 Å². The summed E-state index contributed by atoms with van der Waals surface area (Å²) in [6.07, 6.45) is 3.85. The van der Waals surface area contributed by atoms with Crippen LogP contribution in [-0.4, -0.2) is 29.0 Å². The Hall–Kier alpha value is -0.450. The van der Waals surface area contributed by atoms with Crippen LogP contribution in [0.1, 0.15) is 35.3 Å². The Morgan fingerprint density at radius 2 is 2.38 bits per heavy atom. The molecule has 0 unspecified atom stereocenters. The van der Waals surface area contributed by atoms with Crippen LogP contribution in [0.3, 0.4) is 0 Å². The third kappa shape index (κ3) is 2.29. The van der Waals surface area contributed by atoms with E-state index in [4.69, 9.17) is 4.98 Å². The van der Waals surface area contributed by atoms with Crippen molar-refractivity contribution in [1.29, 1.82) is 0 Å². The van der Waals surface area contributed by atoms with Gasteiger partial charge in [-0.3, -0.25) is 4.90 Å². The van der Waals surface area contributed by atoms with E-state index in [1.165, 1.54) is 35.0 Å². The summed E-state index contributed by atoms with van der Waals surface area (Å²) in [6.45, 7) is 6.68. The van der Waals surface area contributed by atoms with Crippen molar-refractivity contribution in [3.8, 4) is 0 Å². The molecule has 4 heteroatoms. The Morgan fingerprint density at radius 3 is 3.12 bits per heavy atom. The summed E-state index contributed by atoms with van der Waals surface area (Å²) in [4.78, 5) is 8.75. The highest BCUT2D eigenvalue weighted by Crippen LogP contribution is 2.26. The van der Waals surface area contributed by atoms with E-state index in [9.17, 15) is 0 Å². The van der Waals surface area contributed by atoms with E-state index in [1.54, 1.807) is 0 Å². The van der Waals surface area contributed by atoms with Crippen molar-refractivity contribution in [2.45, 2.75) is 45.3 Å². The lowest BCUT2D eigenvalue weighted by molar-refractivity contribution is 0.269. The summed E-state index contributed by atoms with van der Waals surface area (Å²) in [5.41, 5.74) is 1.36. The van der Waals surface area contributed by atoms with Crippen molar-refractivity contribution in [1.82, 2.24) is 15.2 Å². The molecule has 3 rings (SSSR count). The molecule has 2 aliphatic rings. The van der Waals surface area contributed by atoms with E-state index in [0.717, 1.165) is 32.1 Å². The van der Waals surface area contributed by atoms with E-state index in [-0.39, 0.29) is 0 Å². The molecule has 0 saturated heterocycles. The molecule has 1 aromatic heterocycles. The fourth-order valence-electron chi connectivity index (χ4n) is 2.17. The molecule has 0 amide bonds. The van der Waals surface area contributed by atoms with Gasteiger partial charge in [0.05, 0.1) is 5.69 Å². The number of thiazole rings is 1. The Labute approximate surface area is 101 Å². The van der Waals surface area contributed by atoms with Crippen molar-refractivity contribution in [3.63, 3.8) is 0 Å². The molecule has 1 aliphatic heterocycles. The minimum Gasteiger partial charge on any atom is -0.308 e. The van der Waals surface area contributed by atoms with Crippen LogP contribution in [0.2, 0.25) is 0 Å². The summed E-state index contributed by atoms with van der Waals surface area (Å²) in [7, 11) is 0. The second-order valence-electron chi connectivity index (χ2n) is 4.75. The Bertz CT molecular complexity index is 370. The first-order valence-electron chi connectivity index (χ1n) is 6.28. The smallest absolute Gasteiger partial charge is 0.107 e. The van der Waals surface area contributed by atoms with Gasteiger partial charge in [0.2, 0.25) is 0 Å². The van der Waals surface area contributed by atoms with E-state index in [0.29, 0.717) is 0 Å². The zero-order chi connectivity index (χ0) is 11.0. The first-order valence-corrected chi connectivity index (χ1v) is 7.10. The number of nitrogens with zero attached hydrogens (tertiary/aromatic N) is 2. The number of hydrogen-bond acceptors (Lipinski definition) is 4. The zero-order valence-electron chi connectivity index (χ0n) is 9.83. The predicted molar refractivity (Wildman–Crippen MR) is 66.6 cm³/mol. The van der Waals surface area contributed by atoms with E-state index >= 15 is 0 Å². The van der Waals surface area contributed by atoms with Crippen molar-refractivity contribution >= 4 is 11.3 Å². The summed E-state index contributed by atoms with van der Waals surface area (Å²) >= 11 is 1.91. The molecule has 2 heterocycles. The van der Waals surface area contributed by atoms with Crippen LogP contribution >= 0.6 is 11.3 Å². The molecule has 0 radical (unpaired) electrons. The fourth-order valence-corrected chi connectivity index (χ4v) is 3.27. The monoisotopic (exact) mass is 237 g/mol. The summed E-state index contributed by atoms with van der Waals surface area (Å²) in [5.74, 6) is 0. The average Bonchev–Trinajstić information content (AvgIpc) is 3.04. The Morgan fingerprint density at radius 1 is 1.50 bits per heavy atom. The third-order valence-corrected chi connectivity index (χ3v) is 4.50. The van der Waals surface area contributed by atoms with Crippen LogP contribution in [0, 0.1) is 0 Å². The Kier molecular flexibility index (Phi) is 2.96. The van der Waals surface area contributed by atoms with Crippen molar-refractivity contribution < 1.29 is 0 Å². The summed E-state index contributed by atoms with van der Waals surface area (Å²) < 4.78 is 0. The van der Waals surface area contributed by atoms with E-state index in [2.05, 4.69) is 17.1 Å². The summed E-state index contributed by atoms with van der Waals surface area (Å²) in [5, 5.41) is 4.83. The van der Waals surface area contributed by atoms with Crippen LogP contribution in [0.15, 0.2) is 0 Å². The van der Waals surface area contributed by atoms with Crippen LogP contribution in [-0.2, 0) is 19.5 Å². The molecule has 1 fully saturated rings. The van der Waals surface area contributed by atoms with Gasteiger partial charge in [0.1, 0.15) is 5.01 Å². The quantitative estimate of drug-likeness (QED) is 0.865. The van der Waals surface area contributed by atoms with E-state index in [1.807, 2.05) is 11.3 Å². The standard InChI is InChI=1S/C12H19N3S/c1-2-15-6-5-10-11(8-15)16-12(14-10)7-13-9-3-4-9/h9,13H,2-8H2,1H3. The lowest BCUT2D eigenvalue weighted by Crippen LogP contribution is -2.29. The maximum absolute atomic E-state index is 4.75. The fraction of sp³-hybridized carbons (Fsp3) is 0.750. The van der Waals surface area contributed by atoms with Gasteiger partial charge in [0.15, 0.2) is 0 Å². The lowest BCUT2D eigenvalue weighted by Gasteiger charge is -2.23.